The fourth-order valence-electron chi connectivity index (χ4n) is 4.10. The molecule has 0 unspecified atom stereocenters. The predicted octanol–water partition coefficient (Wildman–Crippen LogP) is 2.88. The van der Waals surface area contributed by atoms with Crippen LogP contribution in [0.4, 0.5) is 0 Å². The Balaban J connectivity index is 1.63. The molecular formula is C21H29ClN3O+. The zero-order valence-corrected chi connectivity index (χ0v) is 16.9. The number of rotatable bonds is 4. The molecule has 0 radical (unpaired) electrons. The van der Waals surface area contributed by atoms with Crippen molar-refractivity contribution in [2.75, 3.05) is 26.2 Å². The zero-order valence-electron chi connectivity index (χ0n) is 16.2. The maximum atomic E-state index is 13.0. The van der Waals surface area contributed by atoms with Crippen LogP contribution in [0.5, 0.6) is 0 Å². The second-order valence-electron chi connectivity index (χ2n) is 7.60. The van der Waals surface area contributed by atoms with E-state index in [2.05, 4.69) is 38.3 Å². The Morgan fingerprint density at radius 1 is 1.19 bits per heavy atom. The molecular weight excluding hydrogens is 346 g/mol. The van der Waals surface area contributed by atoms with Crippen molar-refractivity contribution in [3.63, 3.8) is 0 Å². The highest BCUT2D eigenvalue weighted by molar-refractivity contribution is 6.30. The van der Waals surface area contributed by atoms with Gasteiger partial charge in [-0.25, -0.2) is 0 Å². The molecule has 1 aromatic heterocycles. The first-order valence-corrected chi connectivity index (χ1v) is 9.80. The van der Waals surface area contributed by atoms with Gasteiger partial charge >= 0.3 is 0 Å². The molecule has 1 amide bonds. The second-order valence-corrected chi connectivity index (χ2v) is 8.03. The average molecular weight is 375 g/mol. The van der Waals surface area contributed by atoms with Crippen LogP contribution in [0.2, 0.25) is 5.02 Å². The minimum absolute atomic E-state index is 0.173. The van der Waals surface area contributed by atoms with Gasteiger partial charge in [0.1, 0.15) is 6.54 Å². The van der Waals surface area contributed by atoms with Gasteiger partial charge in [0.05, 0.1) is 31.7 Å². The maximum Gasteiger partial charge on any atom is 0.256 e. The molecule has 1 aliphatic heterocycles. The number of halogens is 1. The molecule has 140 valence electrons. The van der Waals surface area contributed by atoms with E-state index in [1.165, 1.54) is 10.5 Å². The van der Waals surface area contributed by atoms with Crippen LogP contribution in [0.15, 0.2) is 30.3 Å². The quantitative estimate of drug-likeness (QED) is 0.876. The molecule has 1 aromatic carbocycles. The van der Waals surface area contributed by atoms with Gasteiger partial charge in [-0.2, -0.15) is 0 Å². The topological polar surface area (TPSA) is 29.7 Å². The van der Waals surface area contributed by atoms with E-state index >= 15 is 0 Å². The number of hydrogen-bond acceptors (Lipinski definition) is 1. The van der Waals surface area contributed by atoms with Crippen molar-refractivity contribution in [1.29, 1.82) is 0 Å². The minimum Gasteiger partial charge on any atom is -0.346 e. The van der Waals surface area contributed by atoms with Gasteiger partial charge in [-0.1, -0.05) is 23.7 Å². The molecule has 1 aliphatic rings. The molecule has 4 nitrogen and oxygen atoms in total. The van der Waals surface area contributed by atoms with Gasteiger partial charge in [0, 0.05) is 28.0 Å². The van der Waals surface area contributed by atoms with Gasteiger partial charge in [-0.3, -0.25) is 4.79 Å². The first-order valence-electron chi connectivity index (χ1n) is 9.42. The number of piperazine rings is 1. The summed E-state index contributed by atoms with van der Waals surface area (Å²) in [7, 11) is 0. The van der Waals surface area contributed by atoms with Gasteiger partial charge in [0.15, 0.2) is 0 Å². The van der Waals surface area contributed by atoms with E-state index in [4.69, 9.17) is 11.6 Å². The molecule has 0 spiro atoms. The van der Waals surface area contributed by atoms with Crippen LogP contribution < -0.4 is 4.90 Å². The van der Waals surface area contributed by atoms with Gasteiger partial charge < -0.3 is 14.4 Å². The summed E-state index contributed by atoms with van der Waals surface area (Å²) >= 11 is 6.08. The highest BCUT2D eigenvalue weighted by Gasteiger charge is 2.27. The molecule has 1 N–H and O–H groups in total. The summed E-state index contributed by atoms with van der Waals surface area (Å²) < 4.78 is 2.24. The lowest BCUT2D eigenvalue weighted by Crippen LogP contribution is -3.13. The van der Waals surface area contributed by atoms with E-state index in [-0.39, 0.29) is 5.91 Å². The number of carbonyl (C=O) groups excluding carboxylic acids is 1. The average Bonchev–Trinajstić information content (AvgIpc) is 2.89. The third-order valence-electron chi connectivity index (χ3n) is 5.33. The first kappa shape index (κ1) is 19.0. The molecule has 1 fully saturated rings. The number of carbonyl (C=O) groups is 1. The molecule has 2 heterocycles. The summed E-state index contributed by atoms with van der Waals surface area (Å²) in [6, 6.07) is 10.5. The van der Waals surface area contributed by atoms with Crippen molar-refractivity contribution in [2.24, 2.45) is 0 Å². The van der Waals surface area contributed by atoms with Crippen molar-refractivity contribution >= 4 is 17.5 Å². The Morgan fingerprint density at radius 2 is 1.88 bits per heavy atom. The Bertz CT molecular complexity index is 789. The van der Waals surface area contributed by atoms with Crippen LogP contribution >= 0.6 is 11.6 Å². The lowest BCUT2D eigenvalue weighted by Gasteiger charge is -2.32. The van der Waals surface area contributed by atoms with Crippen LogP contribution in [0, 0.1) is 13.8 Å². The van der Waals surface area contributed by atoms with Gasteiger partial charge in [-0.05, 0) is 45.9 Å². The molecule has 0 bridgehead atoms. The van der Waals surface area contributed by atoms with E-state index in [9.17, 15) is 4.79 Å². The first-order chi connectivity index (χ1) is 12.4. The Morgan fingerprint density at radius 3 is 2.46 bits per heavy atom. The number of nitrogens with zero attached hydrogens (tertiary/aromatic N) is 2. The van der Waals surface area contributed by atoms with Crippen molar-refractivity contribution < 1.29 is 9.69 Å². The standard InChI is InChI=1S/C21H28ClN3O/c1-15(2)25-16(3)12-20(17(25)4)21(26)24-10-8-23(9-11-24)14-18-6-5-7-19(22)13-18/h5-7,12-13,15H,8-11,14H2,1-4H3/p+1. The molecule has 3 rings (SSSR count). The molecule has 26 heavy (non-hydrogen) atoms. The van der Waals surface area contributed by atoms with Crippen molar-refractivity contribution in [2.45, 2.75) is 40.3 Å². The molecule has 0 aliphatic carbocycles. The van der Waals surface area contributed by atoms with Gasteiger partial charge in [0.25, 0.3) is 5.91 Å². The largest absolute Gasteiger partial charge is 0.346 e. The summed E-state index contributed by atoms with van der Waals surface area (Å²) in [4.78, 5) is 16.5. The van der Waals surface area contributed by atoms with E-state index in [0.717, 1.165) is 54.7 Å². The Labute approximate surface area is 161 Å². The minimum atomic E-state index is 0.173. The monoisotopic (exact) mass is 374 g/mol. The van der Waals surface area contributed by atoms with Gasteiger partial charge in [-0.15, -0.1) is 0 Å². The summed E-state index contributed by atoms with van der Waals surface area (Å²) in [5.41, 5.74) is 4.35. The summed E-state index contributed by atoms with van der Waals surface area (Å²) in [6.07, 6.45) is 0. The fraction of sp³-hybridized carbons (Fsp3) is 0.476. The highest BCUT2D eigenvalue weighted by atomic mass is 35.5. The third kappa shape index (κ3) is 3.97. The Hall–Kier alpha value is -1.78. The number of aryl methyl sites for hydroxylation is 1. The lowest BCUT2D eigenvalue weighted by molar-refractivity contribution is -0.917. The van der Waals surface area contributed by atoms with Gasteiger partial charge in [0.2, 0.25) is 0 Å². The molecule has 5 heteroatoms. The van der Waals surface area contributed by atoms with Crippen LogP contribution in [0.25, 0.3) is 0 Å². The molecule has 2 aromatic rings. The van der Waals surface area contributed by atoms with Crippen molar-refractivity contribution in [3.8, 4) is 0 Å². The normalized spacial score (nSPS) is 15.7. The maximum absolute atomic E-state index is 13.0. The predicted molar refractivity (Wildman–Crippen MR) is 106 cm³/mol. The Kier molecular flexibility index (Phi) is 5.73. The van der Waals surface area contributed by atoms with Crippen LogP contribution in [0.3, 0.4) is 0 Å². The van der Waals surface area contributed by atoms with E-state index < -0.39 is 0 Å². The van der Waals surface area contributed by atoms with E-state index in [0.29, 0.717) is 6.04 Å². The van der Waals surface area contributed by atoms with E-state index in [1.807, 2.05) is 29.2 Å². The summed E-state index contributed by atoms with van der Waals surface area (Å²) in [6.45, 7) is 13.0. The molecule has 0 saturated carbocycles. The fourth-order valence-corrected chi connectivity index (χ4v) is 4.31. The third-order valence-corrected chi connectivity index (χ3v) is 5.57. The zero-order chi connectivity index (χ0) is 18.8. The SMILES string of the molecule is Cc1cc(C(=O)N2CC[NH+](Cc3cccc(Cl)c3)CC2)c(C)n1C(C)C. The summed E-state index contributed by atoms with van der Waals surface area (Å²) in [5, 5.41) is 0.788. The van der Waals surface area contributed by atoms with Crippen molar-refractivity contribution in [1.82, 2.24) is 9.47 Å². The van der Waals surface area contributed by atoms with Crippen LogP contribution in [0.1, 0.15) is 47.2 Å². The number of aromatic nitrogens is 1. The second kappa shape index (κ2) is 7.85. The molecule has 0 atom stereocenters. The number of hydrogen-bond donors (Lipinski definition) is 1. The lowest BCUT2D eigenvalue weighted by atomic mass is 10.1. The number of amides is 1. The highest BCUT2D eigenvalue weighted by Crippen LogP contribution is 2.21. The number of benzene rings is 1. The smallest absolute Gasteiger partial charge is 0.256 e. The number of quaternary nitrogens is 1. The summed E-state index contributed by atoms with van der Waals surface area (Å²) in [5.74, 6) is 0.173. The van der Waals surface area contributed by atoms with Crippen LogP contribution in [-0.2, 0) is 6.54 Å². The number of nitrogens with one attached hydrogen (secondary N) is 1. The van der Waals surface area contributed by atoms with E-state index in [1.54, 1.807) is 0 Å². The molecule has 1 saturated heterocycles. The van der Waals surface area contributed by atoms with Crippen LogP contribution in [-0.4, -0.2) is 41.6 Å². The van der Waals surface area contributed by atoms with Crippen molar-refractivity contribution in [3.05, 3.63) is 57.9 Å².